The molecule has 2 aromatic carbocycles. The number of aromatic nitrogens is 3. The standard InChI is InChI=1S/C21H24N4O5S/c1-15(20(26)29-2)31(27,28)21-24-23-19(12-13-22)25(21)17-8-10-18(11-9-17)30-14-16-6-4-3-5-7-16/h3-11,15H,12-14,22H2,1-2H3. The number of benzene rings is 2. The van der Waals surface area contributed by atoms with Gasteiger partial charge in [-0.2, -0.15) is 0 Å². The average molecular weight is 445 g/mol. The molecule has 0 fully saturated rings. The number of sulfone groups is 1. The first-order valence-electron chi connectivity index (χ1n) is 9.61. The van der Waals surface area contributed by atoms with Gasteiger partial charge in [0.05, 0.1) is 7.11 Å². The average Bonchev–Trinajstić information content (AvgIpc) is 3.22. The molecule has 0 radical (unpaired) electrons. The molecule has 3 rings (SSSR count). The van der Waals surface area contributed by atoms with Crippen LogP contribution in [0, 0.1) is 0 Å². The van der Waals surface area contributed by atoms with Crippen molar-refractivity contribution < 1.29 is 22.7 Å². The zero-order valence-electron chi connectivity index (χ0n) is 17.3. The Labute approximate surface area is 180 Å². The Morgan fingerprint density at radius 1 is 1.10 bits per heavy atom. The molecule has 0 aliphatic heterocycles. The molecule has 0 saturated heterocycles. The molecule has 10 heteroatoms. The number of nitrogens with two attached hydrogens (primary N) is 1. The van der Waals surface area contributed by atoms with Crippen LogP contribution >= 0.6 is 0 Å². The van der Waals surface area contributed by atoms with Crippen molar-refractivity contribution in [3.63, 3.8) is 0 Å². The summed E-state index contributed by atoms with van der Waals surface area (Å²) < 4.78 is 37.7. The number of ether oxygens (including phenoxy) is 2. The van der Waals surface area contributed by atoms with Crippen LogP contribution in [0.2, 0.25) is 0 Å². The molecule has 0 saturated carbocycles. The topological polar surface area (TPSA) is 126 Å². The van der Waals surface area contributed by atoms with Crippen LogP contribution in [0.5, 0.6) is 5.75 Å². The van der Waals surface area contributed by atoms with Gasteiger partial charge in [-0.3, -0.25) is 9.36 Å². The SMILES string of the molecule is COC(=O)C(C)S(=O)(=O)c1nnc(CCN)n1-c1ccc(OCc2ccccc2)cc1. The number of hydrogen-bond donors (Lipinski definition) is 1. The first kappa shape index (κ1) is 22.4. The van der Waals surface area contributed by atoms with Crippen LogP contribution < -0.4 is 10.5 Å². The molecule has 0 amide bonds. The fourth-order valence-electron chi connectivity index (χ4n) is 2.92. The van der Waals surface area contributed by atoms with E-state index >= 15 is 0 Å². The predicted molar refractivity (Wildman–Crippen MR) is 114 cm³/mol. The van der Waals surface area contributed by atoms with Gasteiger partial charge < -0.3 is 15.2 Å². The van der Waals surface area contributed by atoms with Crippen LogP contribution in [-0.4, -0.2) is 48.1 Å². The number of hydrogen-bond acceptors (Lipinski definition) is 8. The van der Waals surface area contributed by atoms with E-state index in [1.54, 1.807) is 24.3 Å². The van der Waals surface area contributed by atoms with Crippen molar-refractivity contribution in [1.29, 1.82) is 0 Å². The third-order valence-electron chi connectivity index (χ3n) is 4.66. The lowest BCUT2D eigenvalue weighted by molar-refractivity contribution is -0.139. The van der Waals surface area contributed by atoms with Crippen LogP contribution in [0.3, 0.4) is 0 Å². The third kappa shape index (κ3) is 4.92. The molecule has 0 aliphatic carbocycles. The zero-order chi connectivity index (χ0) is 22.4. The summed E-state index contributed by atoms with van der Waals surface area (Å²) in [6.45, 7) is 1.91. The second-order valence-electron chi connectivity index (χ2n) is 6.75. The quantitative estimate of drug-likeness (QED) is 0.494. The van der Waals surface area contributed by atoms with E-state index in [1.165, 1.54) is 11.5 Å². The van der Waals surface area contributed by atoms with Gasteiger partial charge in [0.1, 0.15) is 18.2 Å². The van der Waals surface area contributed by atoms with Gasteiger partial charge in [0, 0.05) is 12.1 Å². The van der Waals surface area contributed by atoms with Gasteiger partial charge in [0.2, 0.25) is 9.84 Å². The second-order valence-corrected chi connectivity index (χ2v) is 8.91. The van der Waals surface area contributed by atoms with Crippen LogP contribution in [0.1, 0.15) is 18.3 Å². The Bertz CT molecular complexity index is 1130. The molecule has 3 aromatic rings. The summed E-state index contributed by atoms with van der Waals surface area (Å²) in [4.78, 5) is 11.9. The van der Waals surface area contributed by atoms with Crippen molar-refractivity contribution in [2.24, 2.45) is 5.73 Å². The maximum absolute atomic E-state index is 13.0. The summed E-state index contributed by atoms with van der Waals surface area (Å²) in [7, 11) is -3.01. The largest absolute Gasteiger partial charge is 0.489 e. The molecule has 0 aliphatic rings. The van der Waals surface area contributed by atoms with Gasteiger partial charge in [-0.25, -0.2) is 8.42 Å². The first-order valence-corrected chi connectivity index (χ1v) is 11.2. The molecule has 1 unspecified atom stereocenters. The van der Waals surface area contributed by atoms with Crippen molar-refractivity contribution >= 4 is 15.8 Å². The van der Waals surface area contributed by atoms with Gasteiger partial charge in [-0.1, -0.05) is 30.3 Å². The van der Waals surface area contributed by atoms with Crippen molar-refractivity contribution in [3.05, 3.63) is 66.0 Å². The Morgan fingerprint density at radius 3 is 2.39 bits per heavy atom. The summed E-state index contributed by atoms with van der Waals surface area (Å²) in [6.07, 6.45) is 0.307. The summed E-state index contributed by atoms with van der Waals surface area (Å²) in [5.41, 5.74) is 7.19. The molecule has 1 heterocycles. The highest BCUT2D eigenvalue weighted by molar-refractivity contribution is 7.92. The minimum atomic E-state index is -4.14. The molecule has 0 bridgehead atoms. The molecular formula is C21H24N4O5S. The number of nitrogens with zero attached hydrogens (tertiary/aromatic N) is 3. The van der Waals surface area contributed by atoms with Crippen LogP contribution in [-0.2, 0) is 32.4 Å². The molecule has 1 atom stereocenters. The monoisotopic (exact) mass is 444 g/mol. The molecule has 164 valence electrons. The van der Waals surface area contributed by atoms with Crippen molar-refractivity contribution in [3.8, 4) is 11.4 Å². The lowest BCUT2D eigenvalue weighted by atomic mass is 10.2. The van der Waals surface area contributed by atoms with E-state index in [2.05, 4.69) is 14.9 Å². The highest BCUT2D eigenvalue weighted by Crippen LogP contribution is 2.24. The normalized spacial score (nSPS) is 12.4. The summed E-state index contributed by atoms with van der Waals surface area (Å²) >= 11 is 0. The van der Waals surface area contributed by atoms with Crippen LogP contribution in [0.25, 0.3) is 5.69 Å². The van der Waals surface area contributed by atoms with Gasteiger partial charge in [-0.05, 0) is 43.3 Å². The molecule has 9 nitrogen and oxygen atoms in total. The van der Waals surface area contributed by atoms with E-state index in [4.69, 9.17) is 10.5 Å². The van der Waals surface area contributed by atoms with Gasteiger partial charge in [0.15, 0.2) is 5.25 Å². The number of esters is 1. The lowest BCUT2D eigenvalue weighted by Crippen LogP contribution is -2.30. The first-order chi connectivity index (χ1) is 14.9. The summed E-state index contributed by atoms with van der Waals surface area (Å²) in [5.74, 6) is 0.115. The Morgan fingerprint density at radius 2 is 1.77 bits per heavy atom. The van der Waals surface area contributed by atoms with Gasteiger partial charge in [-0.15, -0.1) is 10.2 Å². The Balaban J connectivity index is 1.92. The molecular weight excluding hydrogens is 420 g/mol. The van der Waals surface area contributed by atoms with E-state index in [0.717, 1.165) is 12.7 Å². The van der Waals surface area contributed by atoms with E-state index < -0.39 is 21.1 Å². The fraction of sp³-hybridized carbons (Fsp3) is 0.286. The van der Waals surface area contributed by atoms with Crippen LogP contribution in [0.4, 0.5) is 0 Å². The minimum absolute atomic E-state index is 0.253. The van der Waals surface area contributed by atoms with E-state index in [-0.39, 0.29) is 11.7 Å². The van der Waals surface area contributed by atoms with E-state index in [1.807, 2.05) is 30.3 Å². The van der Waals surface area contributed by atoms with Gasteiger partial charge >= 0.3 is 5.97 Å². The molecule has 31 heavy (non-hydrogen) atoms. The maximum atomic E-state index is 13.0. The van der Waals surface area contributed by atoms with Crippen LogP contribution in [0.15, 0.2) is 59.8 Å². The number of rotatable bonds is 9. The highest BCUT2D eigenvalue weighted by Gasteiger charge is 2.36. The van der Waals surface area contributed by atoms with Crippen molar-refractivity contribution in [1.82, 2.24) is 14.8 Å². The molecule has 1 aromatic heterocycles. The summed E-state index contributed by atoms with van der Waals surface area (Å²) in [5, 5.41) is 6.06. The van der Waals surface area contributed by atoms with Crippen molar-refractivity contribution in [2.45, 2.75) is 30.4 Å². The second kappa shape index (κ2) is 9.71. The predicted octanol–water partition coefficient (Wildman–Crippen LogP) is 1.68. The number of carbonyl (C=O) groups excluding carboxylic acids is 1. The molecule has 0 spiro atoms. The number of carbonyl (C=O) groups is 1. The Kier molecular flexibility index (Phi) is 7.03. The zero-order valence-corrected chi connectivity index (χ0v) is 18.1. The fourth-order valence-corrected chi connectivity index (χ4v) is 4.20. The minimum Gasteiger partial charge on any atom is -0.489 e. The van der Waals surface area contributed by atoms with E-state index in [9.17, 15) is 13.2 Å². The highest BCUT2D eigenvalue weighted by atomic mass is 32.2. The molecule has 2 N–H and O–H groups in total. The maximum Gasteiger partial charge on any atom is 0.324 e. The van der Waals surface area contributed by atoms with Crippen molar-refractivity contribution in [2.75, 3.05) is 13.7 Å². The Hall–Kier alpha value is -3.24. The third-order valence-corrected chi connectivity index (χ3v) is 6.56. The lowest BCUT2D eigenvalue weighted by Gasteiger charge is -2.14. The van der Waals surface area contributed by atoms with E-state index in [0.29, 0.717) is 30.3 Å². The smallest absolute Gasteiger partial charge is 0.324 e. The summed E-state index contributed by atoms with van der Waals surface area (Å²) in [6, 6.07) is 16.6. The van der Waals surface area contributed by atoms with Gasteiger partial charge in [0.25, 0.3) is 5.16 Å². The number of methoxy groups -OCH3 is 1.